The number of esters is 2. The van der Waals surface area contributed by atoms with Gasteiger partial charge in [0.05, 0.1) is 20.3 Å². The van der Waals surface area contributed by atoms with E-state index in [-0.39, 0.29) is 30.4 Å². The molecule has 3 aromatic rings. The van der Waals surface area contributed by atoms with E-state index in [1.165, 1.54) is 13.2 Å². The standard InChI is InChI=1S/C30H34ClN3O10/c1-17(2)26(33-30(39)41-4)29(38)43-16-42-28(37)23(35)14-22(32-27(36)24-15-25(40-3)34-44-24)12-18-8-10-19(11-9-18)20-6-5-7-21(31)13-20/h5-11,13,15,17,22-23,26,35H,12,14,16H2,1-4H3,(H,32,36)(H,33,39)/t22-,23?,26+/m1/s1. The third-order valence-electron chi connectivity index (χ3n) is 6.41. The maximum absolute atomic E-state index is 12.9. The van der Waals surface area contributed by atoms with Gasteiger partial charge in [0, 0.05) is 17.5 Å². The first-order valence-electron chi connectivity index (χ1n) is 13.5. The Balaban J connectivity index is 1.65. The van der Waals surface area contributed by atoms with Crippen LogP contribution in [0.5, 0.6) is 5.88 Å². The van der Waals surface area contributed by atoms with Crippen LogP contribution in [0.15, 0.2) is 59.1 Å². The average molecular weight is 632 g/mol. The normalized spacial score (nSPS) is 12.9. The lowest BCUT2D eigenvalue weighted by molar-refractivity contribution is -0.175. The van der Waals surface area contributed by atoms with Crippen LogP contribution >= 0.6 is 11.6 Å². The van der Waals surface area contributed by atoms with E-state index < -0.39 is 48.9 Å². The number of benzene rings is 2. The highest BCUT2D eigenvalue weighted by Crippen LogP contribution is 2.24. The SMILES string of the molecule is COC(=O)N[C@H](C(=O)OCOC(=O)C(O)C[C@@H](Cc1ccc(-c2cccc(Cl)c2)cc1)NC(=O)c1cc(OC)no1)C(C)C. The lowest BCUT2D eigenvalue weighted by Gasteiger charge is -2.22. The average Bonchev–Trinajstić information content (AvgIpc) is 3.49. The Morgan fingerprint density at radius 3 is 2.27 bits per heavy atom. The van der Waals surface area contributed by atoms with Gasteiger partial charge in [0.1, 0.15) is 6.04 Å². The van der Waals surface area contributed by atoms with Crippen LogP contribution in [0, 0.1) is 5.92 Å². The Morgan fingerprint density at radius 1 is 0.955 bits per heavy atom. The molecule has 0 radical (unpaired) electrons. The zero-order chi connectivity index (χ0) is 32.2. The van der Waals surface area contributed by atoms with Crippen LogP contribution in [0.3, 0.4) is 0 Å². The van der Waals surface area contributed by atoms with E-state index in [2.05, 4.69) is 20.5 Å². The number of amides is 2. The summed E-state index contributed by atoms with van der Waals surface area (Å²) in [6.07, 6.45) is -2.55. The summed E-state index contributed by atoms with van der Waals surface area (Å²) in [6, 6.07) is 14.3. The van der Waals surface area contributed by atoms with Crippen LogP contribution in [-0.4, -0.2) is 73.4 Å². The first kappa shape index (κ1) is 33.9. The first-order chi connectivity index (χ1) is 21.0. The smallest absolute Gasteiger partial charge is 0.407 e. The number of aromatic nitrogens is 1. The Bertz CT molecular complexity index is 1430. The van der Waals surface area contributed by atoms with E-state index in [1.54, 1.807) is 19.9 Å². The number of aliphatic hydroxyl groups is 1. The minimum Gasteiger partial charge on any atom is -0.479 e. The monoisotopic (exact) mass is 631 g/mol. The molecule has 1 aromatic heterocycles. The summed E-state index contributed by atoms with van der Waals surface area (Å²) in [6.45, 7) is 2.54. The molecule has 0 aliphatic heterocycles. The van der Waals surface area contributed by atoms with Crippen molar-refractivity contribution in [3.8, 4) is 17.0 Å². The van der Waals surface area contributed by atoms with Crippen LogP contribution in [0.2, 0.25) is 5.02 Å². The summed E-state index contributed by atoms with van der Waals surface area (Å²) < 4.78 is 24.3. The van der Waals surface area contributed by atoms with Gasteiger partial charge >= 0.3 is 18.0 Å². The molecule has 2 amide bonds. The highest BCUT2D eigenvalue weighted by Gasteiger charge is 2.28. The van der Waals surface area contributed by atoms with Gasteiger partial charge in [-0.2, -0.15) is 0 Å². The molecule has 3 rings (SSSR count). The molecule has 0 fully saturated rings. The zero-order valence-corrected chi connectivity index (χ0v) is 25.3. The van der Waals surface area contributed by atoms with Crippen LogP contribution in [-0.2, 0) is 30.2 Å². The molecule has 236 valence electrons. The number of rotatable bonds is 14. The number of hydrogen-bond acceptors (Lipinski definition) is 11. The van der Waals surface area contributed by atoms with Crippen LogP contribution in [0.4, 0.5) is 4.79 Å². The summed E-state index contributed by atoms with van der Waals surface area (Å²) in [4.78, 5) is 49.3. The minimum atomic E-state index is -1.69. The number of carbonyl (C=O) groups is 4. The number of nitrogens with one attached hydrogen (secondary N) is 2. The molecule has 0 aliphatic rings. The third-order valence-corrected chi connectivity index (χ3v) is 6.65. The van der Waals surface area contributed by atoms with Gasteiger partial charge in [0.2, 0.25) is 12.6 Å². The molecule has 44 heavy (non-hydrogen) atoms. The van der Waals surface area contributed by atoms with Crippen molar-refractivity contribution in [3.05, 3.63) is 70.9 Å². The summed E-state index contributed by atoms with van der Waals surface area (Å²) in [5, 5.41) is 19.9. The van der Waals surface area contributed by atoms with Gasteiger partial charge in [-0.25, -0.2) is 14.4 Å². The van der Waals surface area contributed by atoms with Crippen molar-refractivity contribution in [3.63, 3.8) is 0 Å². The summed E-state index contributed by atoms with van der Waals surface area (Å²) in [5.74, 6) is -2.97. The topological polar surface area (TPSA) is 176 Å². The molecular formula is C30H34ClN3O10. The summed E-state index contributed by atoms with van der Waals surface area (Å²) >= 11 is 6.11. The van der Waals surface area contributed by atoms with Crippen molar-refractivity contribution >= 4 is 35.5 Å². The van der Waals surface area contributed by atoms with Crippen molar-refractivity contribution < 1.29 is 47.8 Å². The Hall–Kier alpha value is -4.62. The third kappa shape index (κ3) is 9.99. The van der Waals surface area contributed by atoms with Crippen molar-refractivity contribution in [2.45, 2.75) is 44.9 Å². The van der Waals surface area contributed by atoms with E-state index in [0.29, 0.717) is 5.02 Å². The number of nitrogens with zero attached hydrogens (tertiary/aromatic N) is 1. The Morgan fingerprint density at radius 2 is 1.66 bits per heavy atom. The van der Waals surface area contributed by atoms with Gasteiger partial charge in [-0.3, -0.25) is 4.79 Å². The van der Waals surface area contributed by atoms with Gasteiger partial charge in [-0.15, -0.1) is 0 Å². The van der Waals surface area contributed by atoms with Gasteiger partial charge < -0.3 is 39.2 Å². The quantitative estimate of drug-likeness (QED) is 0.175. The zero-order valence-electron chi connectivity index (χ0n) is 24.6. The fourth-order valence-electron chi connectivity index (χ4n) is 4.08. The first-order valence-corrected chi connectivity index (χ1v) is 13.9. The molecule has 13 nitrogen and oxygen atoms in total. The molecule has 0 saturated carbocycles. The van der Waals surface area contributed by atoms with Crippen molar-refractivity contribution in [2.24, 2.45) is 5.92 Å². The number of aliphatic hydroxyl groups excluding tert-OH is 1. The van der Waals surface area contributed by atoms with Gasteiger partial charge in [0.15, 0.2) is 6.10 Å². The minimum absolute atomic E-state index is 0.1000. The number of halogens is 1. The molecule has 0 spiro atoms. The van der Waals surface area contributed by atoms with E-state index in [9.17, 15) is 24.3 Å². The number of methoxy groups -OCH3 is 2. The molecule has 0 bridgehead atoms. The second-order valence-corrected chi connectivity index (χ2v) is 10.4. The number of ether oxygens (including phenoxy) is 4. The summed E-state index contributed by atoms with van der Waals surface area (Å²) in [7, 11) is 2.52. The number of alkyl carbamates (subject to hydrolysis) is 1. The van der Waals surface area contributed by atoms with Gasteiger partial charge in [-0.05, 0) is 46.3 Å². The van der Waals surface area contributed by atoms with Crippen molar-refractivity contribution in [1.29, 1.82) is 0 Å². The van der Waals surface area contributed by atoms with E-state index in [0.717, 1.165) is 23.8 Å². The number of hydrogen-bond donors (Lipinski definition) is 3. The van der Waals surface area contributed by atoms with E-state index in [4.69, 9.17) is 30.3 Å². The fraction of sp³-hybridized carbons (Fsp3) is 0.367. The van der Waals surface area contributed by atoms with E-state index >= 15 is 0 Å². The fourth-order valence-corrected chi connectivity index (χ4v) is 4.27. The van der Waals surface area contributed by atoms with E-state index in [1.807, 2.05) is 42.5 Å². The molecule has 0 aliphatic carbocycles. The predicted octanol–water partition coefficient (Wildman–Crippen LogP) is 3.52. The molecule has 14 heteroatoms. The molecular weight excluding hydrogens is 598 g/mol. The molecule has 1 heterocycles. The highest BCUT2D eigenvalue weighted by molar-refractivity contribution is 6.30. The molecule has 3 atom stereocenters. The second kappa shape index (κ2) is 16.3. The van der Waals surface area contributed by atoms with Gasteiger partial charge in [-0.1, -0.05) is 61.8 Å². The van der Waals surface area contributed by atoms with Crippen molar-refractivity contribution in [1.82, 2.24) is 15.8 Å². The maximum atomic E-state index is 12.9. The van der Waals surface area contributed by atoms with Crippen LogP contribution < -0.4 is 15.4 Å². The maximum Gasteiger partial charge on any atom is 0.407 e. The molecule has 2 aromatic carbocycles. The van der Waals surface area contributed by atoms with Gasteiger partial charge in [0.25, 0.3) is 11.8 Å². The van der Waals surface area contributed by atoms with Crippen LogP contribution in [0.1, 0.15) is 36.4 Å². The summed E-state index contributed by atoms with van der Waals surface area (Å²) in [5.41, 5.74) is 2.64. The molecule has 0 saturated heterocycles. The predicted molar refractivity (Wildman–Crippen MR) is 157 cm³/mol. The lowest BCUT2D eigenvalue weighted by atomic mass is 9.97. The Labute approximate surface area is 258 Å². The lowest BCUT2D eigenvalue weighted by Crippen LogP contribution is -2.45. The highest BCUT2D eigenvalue weighted by atomic mass is 35.5. The largest absolute Gasteiger partial charge is 0.479 e. The molecule has 3 N–H and O–H groups in total. The Kier molecular flexibility index (Phi) is 12.5. The second-order valence-electron chi connectivity index (χ2n) is 9.97. The molecule has 1 unspecified atom stereocenters. The van der Waals surface area contributed by atoms with Crippen molar-refractivity contribution in [2.75, 3.05) is 21.0 Å². The number of carbonyl (C=O) groups excluding carboxylic acids is 4. The van der Waals surface area contributed by atoms with Crippen LogP contribution in [0.25, 0.3) is 11.1 Å².